The summed E-state index contributed by atoms with van der Waals surface area (Å²) in [6.07, 6.45) is 17.3. The number of carbonyl (C=O) groups is 1. The first-order valence-electron chi connectivity index (χ1n) is 13.3. The Morgan fingerprint density at radius 2 is 0.667 bits per heavy atom. The van der Waals surface area contributed by atoms with Gasteiger partial charge in [-0.05, 0) is 6.42 Å². The standard InChI is InChI=1S/C16H32O2.2C5H12O4/c1-2-3-4-5-6-7-8-9-10-11-12-13-14-15-16(17)18;2*6-1-5(2-7,3-8)4-9/h2-15H2,1H3,(H,17,18);2*6-9H,1-4H2. The van der Waals surface area contributed by atoms with Crippen LogP contribution in [0.5, 0.6) is 0 Å². The van der Waals surface area contributed by atoms with E-state index in [1.165, 1.54) is 70.6 Å². The predicted molar refractivity (Wildman–Crippen MR) is 140 cm³/mol. The fourth-order valence-electron chi connectivity index (χ4n) is 2.89. The van der Waals surface area contributed by atoms with Gasteiger partial charge in [0, 0.05) is 6.42 Å². The second-order valence-electron chi connectivity index (χ2n) is 9.65. The van der Waals surface area contributed by atoms with Crippen molar-refractivity contribution in [2.24, 2.45) is 10.8 Å². The lowest BCUT2D eigenvalue weighted by Gasteiger charge is -2.23. The molecule has 0 saturated heterocycles. The highest BCUT2D eigenvalue weighted by molar-refractivity contribution is 5.66. The second-order valence-corrected chi connectivity index (χ2v) is 9.65. The molecule has 0 heterocycles. The fourth-order valence-corrected chi connectivity index (χ4v) is 2.89. The normalized spacial score (nSPS) is 11.4. The summed E-state index contributed by atoms with van der Waals surface area (Å²) in [5, 5.41) is 76.5. The second kappa shape index (κ2) is 28.7. The summed E-state index contributed by atoms with van der Waals surface area (Å²) in [7, 11) is 0. The van der Waals surface area contributed by atoms with Crippen LogP contribution >= 0.6 is 0 Å². The highest BCUT2D eigenvalue weighted by Crippen LogP contribution is 2.14. The van der Waals surface area contributed by atoms with Gasteiger partial charge >= 0.3 is 5.97 Å². The SMILES string of the molecule is CCCCCCCCCCCCCCCC(=O)O.OCC(CO)(CO)CO.OCC(CO)(CO)CO. The first-order chi connectivity index (χ1) is 17.3. The molecule has 36 heavy (non-hydrogen) atoms. The van der Waals surface area contributed by atoms with Crippen LogP contribution < -0.4 is 0 Å². The molecule has 0 aliphatic heterocycles. The van der Waals surface area contributed by atoms with Crippen molar-refractivity contribution < 1.29 is 50.8 Å². The van der Waals surface area contributed by atoms with Gasteiger partial charge in [-0.25, -0.2) is 0 Å². The molecule has 0 aliphatic carbocycles. The Hall–Kier alpha value is -0.850. The molecule has 0 aliphatic rings. The van der Waals surface area contributed by atoms with E-state index >= 15 is 0 Å². The molecule has 0 fully saturated rings. The third kappa shape index (κ3) is 23.5. The molecule has 0 spiro atoms. The molecule has 0 atom stereocenters. The monoisotopic (exact) mass is 528 g/mol. The number of hydrogen-bond donors (Lipinski definition) is 9. The van der Waals surface area contributed by atoms with Crippen molar-refractivity contribution in [3.8, 4) is 0 Å². The number of carboxylic acids is 1. The Morgan fingerprint density at radius 1 is 0.444 bits per heavy atom. The molecule has 0 saturated carbocycles. The summed E-state index contributed by atoms with van der Waals surface area (Å²) < 4.78 is 0. The van der Waals surface area contributed by atoms with E-state index in [1.807, 2.05) is 0 Å². The minimum atomic E-state index is -1.11. The molecular weight excluding hydrogens is 472 g/mol. The molecule has 220 valence electrons. The van der Waals surface area contributed by atoms with E-state index < -0.39 is 69.7 Å². The van der Waals surface area contributed by atoms with Gasteiger partial charge in [-0.2, -0.15) is 0 Å². The van der Waals surface area contributed by atoms with Crippen molar-refractivity contribution in [3.63, 3.8) is 0 Å². The van der Waals surface area contributed by atoms with E-state index in [1.54, 1.807) is 0 Å². The van der Waals surface area contributed by atoms with Gasteiger partial charge in [0.2, 0.25) is 0 Å². The lowest BCUT2D eigenvalue weighted by atomic mass is 9.93. The van der Waals surface area contributed by atoms with Gasteiger partial charge in [0.1, 0.15) is 0 Å². The Morgan fingerprint density at radius 3 is 0.833 bits per heavy atom. The van der Waals surface area contributed by atoms with E-state index in [0.717, 1.165) is 12.8 Å². The Labute approximate surface area is 217 Å². The molecule has 10 heteroatoms. The Balaban J connectivity index is -0.000000507. The molecule has 9 N–H and O–H groups in total. The molecule has 0 radical (unpaired) electrons. The van der Waals surface area contributed by atoms with Crippen LogP contribution in [-0.2, 0) is 4.79 Å². The Kier molecular flexibility index (Phi) is 31.6. The summed E-state index contributed by atoms with van der Waals surface area (Å²) in [5.74, 6) is -0.655. The summed E-state index contributed by atoms with van der Waals surface area (Å²) in [4.78, 5) is 10.3. The zero-order valence-electron chi connectivity index (χ0n) is 22.5. The first-order valence-corrected chi connectivity index (χ1v) is 13.3. The van der Waals surface area contributed by atoms with Crippen LogP contribution in [0.25, 0.3) is 0 Å². The molecule has 0 bridgehead atoms. The molecule has 0 amide bonds. The summed E-state index contributed by atoms with van der Waals surface area (Å²) in [6.45, 7) is -0.990. The highest BCUT2D eigenvalue weighted by Gasteiger charge is 2.27. The predicted octanol–water partition coefficient (Wildman–Crippen LogP) is 1.44. The van der Waals surface area contributed by atoms with Gasteiger partial charge in [0.25, 0.3) is 0 Å². The zero-order valence-corrected chi connectivity index (χ0v) is 22.5. The van der Waals surface area contributed by atoms with Crippen LogP contribution in [0.1, 0.15) is 96.8 Å². The fraction of sp³-hybridized carbons (Fsp3) is 0.962. The van der Waals surface area contributed by atoms with Gasteiger partial charge < -0.3 is 46.0 Å². The van der Waals surface area contributed by atoms with Crippen LogP contribution in [0.3, 0.4) is 0 Å². The smallest absolute Gasteiger partial charge is 0.303 e. The van der Waals surface area contributed by atoms with Crippen molar-refractivity contribution in [1.29, 1.82) is 0 Å². The lowest BCUT2D eigenvalue weighted by Crippen LogP contribution is -2.37. The van der Waals surface area contributed by atoms with Crippen LogP contribution in [0.15, 0.2) is 0 Å². The molecular formula is C26H56O10. The van der Waals surface area contributed by atoms with E-state index in [0.29, 0.717) is 6.42 Å². The van der Waals surface area contributed by atoms with E-state index in [-0.39, 0.29) is 0 Å². The summed E-state index contributed by atoms with van der Waals surface area (Å²) in [6, 6.07) is 0. The molecule has 0 rings (SSSR count). The minimum absolute atomic E-state index is 0.345. The van der Waals surface area contributed by atoms with Gasteiger partial charge in [0.15, 0.2) is 0 Å². The van der Waals surface area contributed by atoms with Crippen LogP contribution in [0.4, 0.5) is 0 Å². The quantitative estimate of drug-likeness (QED) is 0.0926. The summed E-state index contributed by atoms with van der Waals surface area (Å²) in [5.41, 5.74) is -2.22. The molecule has 0 aromatic carbocycles. The minimum Gasteiger partial charge on any atom is -0.481 e. The van der Waals surface area contributed by atoms with E-state index in [4.69, 9.17) is 46.0 Å². The van der Waals surface area contributed by atoms with Gasteiger partial charge in [0.05, 0.1) is 63.7 Å². The molecule has 0 aromatic heterocycles. The van der Waals surface area contributed by atoms with Gasteiger partial charge in [-0.15, -0.1) is 0 Å². The number of aliphatic carboxylic acids is 1. The first kappa shape index (κ1) is 39.7. The van der Waals surface area contributed by atoms with E-state index in [2.05, 4.69) is 6.92 Å². The number of unbranched alkanes of at least 4 members (excludes halogenated alkanes) is 12. The number of rotatable bonds is 22. The number of aliphatic hydroxyl groups excluding tert-OH is 8. The van der Waals surface area contributed by atoms with Crippen molar-refractivity contribution >= 4 is 5.97 Å². The largest absolute Gasteiger partial charge is 0.481 e. The molecule has 0 unspecified atom stereocenters. The molecule has 0 aromatic rings. The van der Waals surface area contributed by atoms with E-state index in [9.17, 15) is 4.79 Å². The maximum absolute atomic E-state index is 10.3. The lowest BCUT2D eigenvalue weighted by molar-refractivity contribution is -0.137. The number of aliphatic hydroxyl groups is 8. The third-order valence-corrected chi connectivity index (χ3v) is 6.18. The van der Waals surface area contributed by atoms with Crippen molar-refractivity contribution in [3.05, 3.63) is 0 Å². The van der Waals surface area contributed by atoms with Crippen LogP contribution in [-0.4, -0.2) is 105 Å². The molecule has 10 nitrogen and oxygen atoms in total. The van der Waals surface area contributed by atoms with Crippen molar-refractivity contribution in [1.82, 2.24) is 0 Å². The number of carboxylic acid groups (broad SMARTS) is 1. The maximum Gasteiger partial charge on any atom is 0.303 e. The maximum atomic E-state index is 10.3. The van der Waals surface area contributed by atoms with Crippen LogP contribution in [0, 0.1) is 10.8 Å². The van der Waals surface area contributed by atoms with Gasteiger partial charge in [-0.1, -0.05) is 84.0 Å². The van der Waals surface area contributed by atoms with Crippen molar-refractivity contribution in [2.45, 2.75) is 96.8 Å². The number of hydrogen-bond acceptors (Lipinski definition) is 9. The van der Waals surface area contributed by atoms with Crippen molar-refractivity contribution in [2.75, 3.05) is 52.9 Å². The van der Waals surface area contributed by atoms with Crippen LogP contribution in [0.2, 0.25) is 0 Å². The average Bonchev–Trinajstić information content (AvgIpc) is 2.91. The average molecular weight is 529 g/mol. The third-order valence-electron chi connectivity index (χ3n) is 6.18. The zero-order chi connectivity index (χ0) is 28.1. The topological polar surface area (TPSA) is 199 Å². The van der Waals surface area contributed by atoms with Gasteiger partial charge in [-0.3, -0.25) is 4.79 Å². The highest BCUT2D eigenvalue weighted by atomic mass is 16.4. The summed E-state index contributed by atoms with van der Waals surface area (Å²) >= 11 is 0. The Bertz CT molecular complexity index is 385.